The van der Waals surface area contributed by atoms with Crippen LogP contribution < -0.4 is 5.32 Å². The van der Waals surface area contributed by atoms with Crippen LogP contribution in [0.25, 0.3) is 0 Å². The quantitative estimate of drug-likeness (QED) is 0.769. The van der Waals surface area contributed by atoms with Crippen molar-refractivity contribution in [2.24, 2.45) is 0 Å². The lowest BCUT2D eigenvalue weighted by atomic mass is 10.2. The molecule has 0 saturated carbocycles. The second-order valence-electron chi connectivity index (χ2n) is 4.29. The van der Waals surface area contributed by atoms with Crippen LogP contribution in [-0.2, 0) is 33.7 Å². The van der Waals surface area contributed by atoms with Crippen LogP contribution in [0.15, 0.2) is 6.07 Å². The van der Waals surface area contributed by atoms with Crippen LogP contribution >= 0.6 is 0 Å². The predicted octanol–water partition coefficient (Wildman–Crippen LogP) is 0.686. The molecular formula is C13H21N3O3. The summed E-state index contributed by atoms with van der Waals surface area (Å²) in [5.74, 6) is -0.734. The van der Waals surface area contributed by atoms with Crippen molar-refractivity contribution in [3.8, 4) is 0 Å². The van der Waals surface area contributed by atoms with Crippen LogP contribution in [-0.4, -0.2) is 34.8 Å². The number of aryl methyl sites for hydroxylation is 2. The van der Waals surface area contributed by atoms with Gasteiger partial charge in [0.15, 0.2) is 0 Å². The van der Waals surface area contributed by atoms with Crippen molar-refractivity contribution in [1.82, 2.24) is 15.1 Å². The molecule has 0 aromatic carbocycles. The molecule has 0 aliphatic rings. The van der Waals surface area contributed by atoms with Gasteiger partial charge in [0.05, 0.1) is 19.3 Å². The molecule has 1 atom stereocenters. The number of carbonyl (C=O) groups excluding carboxylic acids is 2. The zero-order chi connectivity index (χ0) is 14.4. The Bertz CT molecular complexity index is 454. The number of hydrogen-bond acceptors (Lipinski definition) is 4. The molecule has 1 heterocycles. The highest BCUT2D eigenvalue weighted by Gasteiger charge is 2.22. The maximum Gasteiger partial charge on any atom is 0.330 e. The van der Waals surface area contributed by atoms with Crippen LogP contribution in [0.5, 0.6) is 0 Å². The molecule has 0 aliphatic heterocycles. The zero-order valence-corrected chi connectivity index (χ0v) is 11.9. The SMILES string of the molecule is CCc1cc(CC)n(CC(NC(C)=O)C(=O)OC)n1. The topological polar surface area (TPSA) is 73.2 Å². The lowest BCUT2D eigenvalue weighted by Gasteiger charge is -2.16. The van der Waals surface area contributed by atoms with E-state index in [9.17, 15) is 9.59 Å². The van der Waals surface area contributed by atoms with Gasteiger partial charge in [-0.1, -0.05) is 13.8 Å². The van der Waals surface area contributed by atoms with Crippen LogP contribution in [0.4, 0.5) is 0 Å². The first kappa shape index (κ1) is 15.2. The van der Waals surface area contributed by atoms with Gasteiger partial charge in [-0.15, -0.1) is 0 Å². The number of nitrogens with zero attached hydrogens (tertiary/aromatic N) is 2. The van der Waals surface area contributed by atoms with E-state index in [1.807, 2.05) is 19.9 Å². The fourth-order valence-electron chi connectivity index (χ4n) is 1.87. The van der Waals surface area contributed by atoms with Crippen molar-refractivity contribution in [3.63, 3.8) is 0 Å². The number of esters is 1. The molecule has 106 valence electrons. The minimum Gasteiger partial charge on any atom is -0.467 e. The van der Waals surface area contributed by atoms with Gasteiger partial charge >= 0.3 is 5.97 Å². The number of methoxy groups -OCH3 is 1. The van der Waals surface area contributed by atoms with Crippen LogP contribution in [0.2, 0.25) is 0 Å². The molecular weight excluding hydrogens is 246 g/mol. The van der Waals surface area contributed by atoms with Gasteiger partial charge < -0.3 is 10.1 Å². The Balaban J connectivity index is 2.91. The molecule has 1 rings (SSSR count). The number of nitrogens with one attached hydrogen (secondary N) is 1. The van der Waals surface area contributed by atoms with Gasteiger partial charge in [0.1, 0.15) is 6.04 Å². The molecule has 6 heteroatoms. The minimum absolute atomic E-state index is 0.267. The molecule has 19 heavy (non-hydrogen) atoms. The second kappa shape index (κ2) is 6.92. The number of amides is 1. The first-order valence-electron chi connectivity index (χ1n) is 6.42. The third-order valence-corrected chi connectivity index (χ3v) is 2.86. The summed E-state index contributed by atoms with van der Waals surface area (Å²) in [7, 11) is 1.30. The average molecular weight is 267 g/mol. The van der Waals surface area contributed by atoms with Gasteiger partial charge in [0.25, 0.3) is 0 Å². The van der Waals surface area contributed by atoms with E-state index in [1.54, 1.807) is 4.68 Å². The van der Waals surface area contributed by atoms with Crippen molar-refractivity contribution >= 4 is 11.9 Å². The lowest BCUT2D eigenvalue weighted by Crippen LogP contribution is -2.43. The molecule has 1 aromatic rings. The van der Waals surface area contributed by atoms with Gasteiger partial charge in [0.2, 0.25) is 5.91 Å². The van der Waals surface area contributed by atoms with Gasteiger partial charge in [-0.2, -0.15) is 5.10 Å². The van der Waals surface area contributed by atoms with E-state index < -0.39 is 12.0 Å². The Kier molecular flexibility index (Phi) is 5.54. The number of carbonyl (C=O) groups is 2. The largest absolute Gasteiger partial charge is 0.467 e. The molecule has 0 fully saturated rings. The third-order valence-electron chi connectivity index (χ3n) is 2.86. The van der Waals surface area contributed by atoms with Crippen molar-refractivity contribution in [2.45, 2.75) is 46.2 Å². The first-order valence-corrected chi connectivity index (χ1v) is 6.42. The molecule has 1 aromatic heterocycles. The summed E-state index contributed by atoms with van der Waals surface area (Å²) in [5.41, 5.74) is 2.01. The van der Waals surface area contributed by atoms with E-state index in [2.05, 4.69) is 10.4 Å². The summed E-state index contributed by atoms with van der Waals surface area (Å²) in [6.07, 6.45) is 1.66. The summed E-state index contributed by atoms with van der Waals surface area (Å²) < 4.78 is 6.46. The number of hydrogen-bond donors (Lipinski definition) is 1. The Labute approximate surface area is 113 Å². The van der Waals surface area contributed by atoms with Crippen molar-refractivity contribution in [2.75, 3.05) is 7.11 Å². The van der Waals surface area contributed by atoms with Crippen molar-refractivity contribution in [3.05, 3.63) is 17.5 Å². The van der Waals surface area contributed by atoms with Gasteiger partial charge in [-0.05, 0) is 18.9 Å². The predicted molar refractivity (Wildman–Crippen MR) is 70.6 cm³/mol. The molecule has 1 unspecified atom stereocenters. The normalized spacial score (nSPS) is 12.0. The maximum atomic E-state index is 11.6. The van der Waals surface area contributed by atoms with E-state index in [4.69, 9.17) is 4.74 Å². The fourth-order valence-corrected chi connectivity index (χ4v) is 1.87. The Morgan fingerprint density at radius 2 is 2.11 bits per heavy atom. The maximum absolute atomic E-state index is 11.6. The molecule has 0 spiro atoms. The summed E-state index contributed by atoms with van der Waals surface area (Å²) in [6, 6.07) is 1.31. The Morgan fingerprint density at radius 3 is 2.58 bits per heavy atom. The minimum atomic E-state index is -0.711. The zero-order valence-electron chi connectivity index (χ0n) is 11.9. The summed E-state index contributed by atoms with van der Waals surface area (Å²) >= 11 is 0. The molecule has 0 radical (unpaired) electrons. The second-order valence-corrected chi connectivity index (χ2v) is 4.29. The Morgan fingerprint density at radius 1 is 1.42 bits per heavy atom. The first-order chi connectivity index (χ1) is 9.01. The molecule has 1 amide bonds. The standard InChI is InChI=1S/C13H21N3O3/c1-5-10-7-11(6-2)16(15-10)8-12(13(18)19-4)14-9(3)17/h7,12H,5-6,8H2,1-4H3,(H,14,17). The number of ether oxygens (including phenoxy) is 1. The third kappa shape index (κ3) is 4.08. The van der Waals surface area contributed by atoms with E-state index in [0.717, 1.165) is 24.2 Å². The van der Waals surface area contributed by atoms with E-state index >= 15 is 0 Å². The van der Waals surface area contributed by atoms with Gasteiger partial charge in [-0.3, -0.25) is 9.48 Å². The van der Waals surface area contributed by atoms with E-state index in [1.165, 1.54) is 14.0 Å². The Hall–Kier alpha value is -1.85. The molecule has 0 saturated heterocycles. The monoisotopic (exact) mass is 267 g/mol. The molecule has 0 bridgehead atoms. The summed E-state index contributed by atoms with van der Waals surface area (Å²) in [5, 5.41) is 7.00. The fraction of sp³-hybridized carbons (Fsp3) is 0.615. The molecule has 1 N–H and O–H groups in total. The highest BCUT2D eigenvalue weighted by atomic mass is 16.5. The number of rotatable bonds is 6. The van der Waals surface area contributed by atoms with Crippen molar-refractivity contribution in [1.29, 1.82) is 0 Å². The van der Waals surface area contributed by atoms with E-state index in [-0.39, 0.29) is 12.5 Å². The highest BCUT2D eigenvalue weighted by Crippen LogP contribution is 2.08. The lowest BCUT2D eigenvalue weighted by molar-refractivity contribution is -0.145. The van der Waals surface area contributed by atoms with E-state index in [0.29, 0.717) is 0 Å². The smallest absolute Gasteiger partial charge is 0.330 e. The van der Waals surface area contributed by atoms with Crippen LogP contribution in [0.1, 0.15) is 32.2 Å². The van der Waals surface area contributed by atoms with Gasteiger partial charge in [0, 0.05) is 12.6 Å². The molecule has 0 aliphatic carbocycles. The van der Waals surface area contributed by atoms with Crippen LogP contribution in [0.3, 0.4) is 0 Å². The highest BCUT2D eigenvalue weighted by molar-refractivity contribution is 5.83. The average Bonchev–Trinajstić information content (AvgIpc) is 2.78. The van der Waals surface area contributed by atoms with Gasteiger partial charge in [-0.25, -0.2) is 4.79 Å². The summed E-state index contributed by atoms with van der Waals surface area (Å²) in [6.45, 7) is 5.71. The van der Waals surface area contributed by atoms with Crippen LogP contribution in [0, 0.1) is 0 Å². The van der Waals surface area contributed by atoms with Crippen molar-refractivity contribution < 1.29 is 14.3 Å². The molecule has 6 nitrogen and oxygen atoms in total. The summed E-state index contributed by atoms with van der Waals surface area (Å²) in [4.78, 5) is 22.8. The number of aromatic nitrogens is 2.